The summed E-state index contributed by atoms with van der Waals surface area (Å²) in [6.45, 7) is 13.7. The average molecular weight is 354 g/mol. The normalized spacial score (nSPS) is 16.3. The fourth-order valence-corrected chi connectivity index (χ4v) is 3.68. The van der Waals surface area contributed by atoms with Gasteiger partial charge < -0.3 is 37.2 Å². The molecule has 0 N–H and O–H groups in total. The van der Waals surface area contributed by atoms with Crippen molar-refractivity contribution in [2.45, 2.75) is 47.5 Å². The average Bonchev–Trinajstić information content (AvgIpc) is 2.48. The first-order chi connectivity index (χ1) is 7.37. The Bertz CT molecular complexity index is 519. The van der Waals surface area contributed by atoms with Crippen LogP contribution in [-0.2, 0) is 20.4 Å². The van der Waals surface area contributed by atoms with Crippen LogP contribution in [0.25, 0.3) is 3.88 Å². The van der Waals surface area contributed by atoms with Crippen LogP contribution in [0.1, 0.15) is 53.1 Å². The molecule has 1 unspecified atom stereocenters. The Morgan fingerprint density at radius 1 is 0.737 bits per heavy atom. The molecule has 0 bridgehead atoms. The van der Waals surface area contributed by atoms with E-state index in [2.05, 4.69) is 62.0 Å². The Labute approximate surface area is 147 Å². The van der Waals surface area contributed by atoms with Gasteiger partial charge in [-0.1, -0.05) is 0 Å². The van der Waals surface area contributed by atoms with Gasteiger partial charge in [-0.25, -0.2) is 0 Å². The minimum absolute atomic E-state index is 0. The molecule has 1 atom stereocenters. The first kappa shape index (κ1) is 21.8. The van der Waals surface area contributed by atoms with Crippen molar-refractivity contribution in [1.29, 1.82) is 0 Å². The molecule has 0 saturated heterocycles. The second-order valence-corrected chi connectivity index (χ2v) is 5.85. The molecular weight excluding hydrogens is 334 g/mol. The van der Waals surface area contributed by atoms with Gasteiger partial charge >= 0.3 is 111 Å². The maximum atomic E-state index is 2.34. The van der Waals surface area contributed by atoms with Gasteiger partial charge in [-0.05, 0) is 0 Å². The molecule has 0 fully saturated rings. The number of halogens is 3. The molecule has 0 nitrogen and oxygen atoms in total. The molecule has 1 aromatic rings. The van der Waals surface area contributed by atoms with E-state index in [1.54, 1.807) is 11.1 Å². The summed E-state index contributed by atoms with van der Waals surface area (Å²) in [7, 11) is 0. The van der Waals surface area contributed by atoms with E-state index in [0.717, 1.165) is 0 Å². The fraction of sp³-hybridized carbons (Fsp3) is 0.467. The zero-order valence-corrected chi connectivity index (χ0v) is 16.0. The summed E-state index contributed by atoms with van der Waals surface area (Å²) in [6.07, 6.45) is 0. The molecule has 1 aromatic carbocycles. The predicted molar refractivity (Wildman–Crippen MR) is 66.4 cm³/mol. The van der Waals surface area contributed by atoms with Crippen molar-refractivity contribution in [1.82, 2.24) is 0 Å². The summed E-state index contributed by atoms with van der Waals surface area (Å²) in [5, 5.41) is 0. The maximum absolute atomic E-state index is 2.34. The van der Waals surface area contributed by atoms with E-state index in [1.165, 1.54) is 31.7 Å². The van der Waals surface area contributed by atoms with E-state index in [4.69, 9.17) is 0 Å². The quantitative estimate of drug-likeness (QED) is 0.412. The predicted octanol–water partition coefficient (Wildman–Crippen LogP) is -4.67. The first-order valence-corrected chi connectivity index (χ1v) is 6.69. The molecule has 1 aliphatic rings. The number of hydrogen-bond donors (Lipinski definition) is 0. The Morgan fingerprint density at radius 2 is 1.16 bits per heavy atom. The molecule has 0 heterocycles. The van der Waals surface area contributed by atoms with Crippen LogP contribution in [0.4, 0.5) is 0 Å². The third kappa shape index (κ3) is 3.09. The van der Waals surface area contributed by atoms with Gasteiger partial charge in [0.05, 0.1) is 0 Å². The van der Waals surface area contributed by atoms with Gasteiger partial charge in [-0.15, -0.1) is 0 Å². The largest absolute Gasteiger partial charge is 1.00 e. The van der Waals surface area contributed by atoms with E-state index in [0.29, 0.717) is 5.92 Å². The van der Waals surface area contributed by atoms with Crippen molar-refractivity contribution < 1.29 is 57.7 Å². The summed E-state index contributed by atoms with van der Waals surface area (Å²) < 4.78 is 1.51. The van der Waals surface area contributed by atoms with Crippen LogP contribution in [0.15, 0.2) is 5.57 Å². The summed E-state index contributed by atoms with van der Waals surface area (Å²) in [6, 6.07) is 0. The summed E-state index contributed by atoms with van der Waals surface area (Å²) >= 11 is 2.28. The van der Waals surface area contributed by atoms with Gasteiger partial charge in [0.1, 0.15) is 0 Å². The Hall–Kier alpha value is 0.544. The van der Waals surface area contributed by atoms with E-state index < -0.39 is 0 Å². The molecule has 19 heavy (non-hydrogen) atoms. The van der Waals surface area contributed by atoms with Gasteiger partial charge in [0, 0.05) is 0 Å². The van der Waals surface area contributed by atoms with Crippen molar-refractivity contribution in [3.63, 3.8) is 0 Å². The van der Waals surface area contributed by atoms with Crippen molar-refractivity contribution in [2.24, 2.45) is 0 Å². The van der Waals surface area contributed by atoms with Gasteiger partial charge in [0.25, 0.3) is 0 Å². The van der Waals surface area contributed by atoms with Gasteiger partial charge in [0.2, 0.25) is 0 Å². The zero-order chi connectivity index (χ0) is 12.2. The zero-order valence-electron chi connectivity index (χ0n) is 12.2. The number of hydrogen-bond acceptors (Lipinski definition) is 0. The molecule has 1 aliphatic carbocycles. The van der Waals surface area contributed by atoms with E-state index >= 15 is 0 Å². The second kappa shape index (κ2) is 7.52. The molecule has 0 aliphatic heterocycles. The number of rotatable bonds is 0. The van der Waals surface area contributed by atoms with Crippen molar-refractivity contribution in [3.8, 4) is 0 Å². The third-order valence-electron chi connectivity index (χ3n) is 4.46. The molecule has 0 saturated carbocycles. The molecule has 0 spiro atoms. The van der Waals surface area contributed by atoms with E-state index in [-0.39, 0.29) is 37.2 Å². The smallest absolute Gasteiger partial charge is 1.00 e. The third-order valence-corrected chi connectivity index (χ3v) is 5.47. The fourth-order valence-electron chi connectivity index (χ4n) is 2.84. The summed E-state index contributed by atoms with van der Waals surface area (Å²) in [5.41, 5.74) is 10.6. The summed E-state index contributed by atoms with van der Waals surface area (Å²) in [4.78, 5) is 0. The van der Waals surface area contributed by atoms with E-state index in [1.807, 2.05) is 0 Å². The SMILES string of the molecule is CC1=[C]([Ti+3])c2c(C)c(C)c(C)c(C)c2C1C.[Cl-].[Cl-].[Cl-]. The summed E-state index contributed by atoms with van der Waals surface area (Å²) in [5.74, 6) is 0.605. The molecule has 0 amide bonds. The van der Waals surface area contributed by atoms with Crippen molar-refractivity contribution >= 4 is 3.88 Å². The molecule has 104 valence electrons. The minimum atomic E-state index is 0. The van der Waals surface area contributed by atoms with Gasteiger partial charge in [-0.3, -0.25) is 0 Å². The number of allylic oxidation sites excluding steroid dienone is 1. The Balaban J connectivity index is 0. The van der Waals surface area contributed by atoms with Crippen molar-refractivity contribution in [3.05, 3.63) is 39.0 Å². The maximum Gasteiger partial charge on any atom is -1.00 e. The van der Waals surface area contributed by atoms with Gasteiger partial charge in [-0.2, -0.15) is 0 Å². The Kier molecular flexibility index (Phi) is 8.65. The first-order valence-electron chi connectivity index (χ1n) is 5.90. The molecule has 0 radical (unpaired) electrons. The topological polar surface area (TPSA) is 0 Å². The van der Waals surface area contributed by atoms with Crippen molar-refractivity contribution in [2.75, 3.05) is 0 Å². The second-order valence-electron chi connectivity index (χ2n) is 5.07. The standard InChI is InChI=1S/C15H19.3ClH.Ti/c1-8-7-14-12(5)10(3)11(4)13(6)15(14)9(8)2;;;;/h9H,1-6H3;3*1H;/q;;;;+3/p-3. The van der Waals surface area contributed by atoms with Crippen LogP contribution in [0.2, 0.25) is 0 Å². The Morgan fingerprint density at radius 3 is 1.63 bits per heavy atom. The molecular formula is C15H19Cl3Ti. The number of benzene rings is 1. The minimum Gasteiger partial charge on any atom is -1.00 e. The van der Waals surface area contributed by atoms with Crippen LogP contribution in [0, 0.1) is 27.7 Å². The van der Waals surface area contributed by atoms with Gasteiger partial charge in [0.15, 0.2) is 0 Å². The van der Waals surface area contributed by atoms with Crippen LogP contribution >= 0.6 is 0 Å². The van der Waals surface area contributed by atoms with Crippen LogP contribution < -0.4 is 37.2 Å². The van der Waals surface area contributed by atoms with E-state index in [9.17, 15) is 0 Å². The monoisotopic (exact) mass is 352 g/mol. The molecule has 0 aromatic heterocycles. The molecule has 4 heteroatoms. The number of fused-ring (bicyclic) bond motifs is 1. The van der Waals surface area contributed by atoms with Crippen LogP contribution in [0.5, 0.6) is 0 Å². The molecule has 2 rings (SSSR count). The van der Waals surface area contributed by atoms with Crippen LogP contribution in [0.3, 0.4) is 0 Å². The van der Waals surface area contributed by atoms with Crippen LogP contribution in [-0.4, -0.2) is 0 Å².